The van der Waals surface area contributed by atoms with Crippen molar-refractivity contribution in [1.29, 1.82) is 0 Å². The van der Waals surface area contributed by atoms with E-state index in [1.165, 1.54) is 0 Å². The third-order valence-electron chi connectivity index (χ3n) is 3.54. The number of ether oxygens (including phenoxy) is 3. The number of hydrogen-bond donors (Lipinski definition) is 1. The highest BCUT2D eigenvalue weighted by Crippen LogP contribution is 2.21. The Balaban J connectivity index is 1.74. The van der Waals surface area contributed by atoms with Crippen LogP contribution in [-0.2, 0) is 4.79 Å². The molecule has 2 aromatic carbocycles. The Kier molecular flexibility index (Phi) is 6.95. The van der Waals surface area contributed by atoms with Crippen LogP contribution in [0.1, 0.15) is 12.5 Å². The second-order valence-corrected chi connectivity index (χ2v) is 5.90. The summed E-state index contributed by atoms with van der Waals surface area (Å²) in [4.78, 5) is 12.1. The van der Waals surface area contributed by atoms with Gasteiger partial charge in [0.05, 0.1) is 13.7 Å². The lowest BCUT2D eigenvalue weighted by molar-refractivity contribution is -0.127. The van der Waals surface area contributed by atoms with Crippen molar-refractivity contribution in [2.24, 2.45) is 0 Å². The highest BCUT2D eigenvalue weighted by molar-refractivity contribution is 6.31. The van der Waals surface area contributed by atoms with Crippen molar-refractivity contribution in [1.82, 2.24) is 5.32 Å². The maximum absolute atomic E-state index is 12.1. The number of carbonyl (C=O) groups is 1. The fourth-order valence-corrected chi connectivity index (χ4v) is 2.25. The molecule has 134 valence electrons. The Morgan fingerprint density at radius 1 is 1.16 bits per heavy atom. The molecule has 2 aromatic rings. The van der Waals surface area contributed by atoms with Gasteiger partial charge in [0.2, 0.25) is 0 Å². The first-order chi connectivity index (χ1) is 12.0. The van der Waals surface area contributed by atoms with E-state index in [4.69, 9.17) is 25.8 Å². The highest BCUT2D eigenvalue weighted by atomic mass is 35.5. The lowest BCUT2D eigenvalue weighted by Gasteiger charge is -2.15. The number of rotatable bonds is 8. The van der Waals surface area contributed by atoms with E-state index in [1.54, 1.807) is 38.3 Å². The first-order valence-electron chi connectivity index (χ1n) is 7.97. The summed E-state index contributed by atoms with van der Waals surface area (Å²) in [5.41, 5.74) is 0.992. The number of amides is 1. The molecule has 25 heavy (non-hydrogen) atoms. The molecular formula is C19H22ClNO4. The topological polar surface area (TPSA) is 56.8 Å². The zero-order valence-electron chi connectivity index (χ0n) is 14.5. The summed E-state index contributed by atoms with van der Waals surface area (Å²) in [5.74, 6) is 1.71. The Morgan fingerprint density at radius 2 is 1.92 bits per heavy atom. The second kappa shape index (κ2) is 9.18. The van der Waals surface area contributed by atoms with Crippen LogP contribution in [0.4, 0.5) is 0 Å². The van der Waals surface area contributed by atoms with E-state index < -0.39 is 6.10 Å². The molecule has 1 amide bonds. The molecule has 0 saturated carbocycles. The SMILES string of the molecule is COc1cccc(O[C@@H](C)C(=O)NCCOc2ccc(C)c(Cl)c2)c1. The third kappa shape index (κ3) is 5.87. The van der Waals surface area contributed by atoms with Crippen LogP contribution in [0, 0.1) is 6.92 Å². The lowest BCUT2D eigenvalue weighted by Crippen LogP contribution is -2.38. The predicted octanol–water partition coefficient (Wildman–Crippen LogP) is 3.62. The zero-order chi connectivity index (χ0) is 18.2. The summed E-state index contributed by atoms with van der Waals surface area (Å²) in [7, 11) is 1.58. The van der Waals surface area contributed by atoms with Crippen molar-refractivity contribution >= 4 is 17.5 Å². The molecule has 0 radical (unpaired) electrons. The van der Waals surface area contributed by atoms with Gasteiger partial charge in [0.15, 0.2) is 6.10 Å². The van der Waals surface area contributed by atoms with Crippen molar-refractivity contribution in [3.05, 3.63) is 53.1 Å². The normalized spacial score (nSPS) is 11.5. The van der Waals surface area contributed by atoms with Gasteiger partial charge in [-0.15, -0.1) is 0 Å². The number of halogens is 1. The average molecular weight is 364 g/mol. The summed E-state index contributed by atoms with van der Waals surface area (Å²) in [5, 5.41) is 3.43. The fourth-order valence-electron chi connectivity index (χ4n) is 2.08. The number of methoxy groups -OCH3 is 1. The molecule has 0 heterocycles. The van der Waals surface area contributed by atoms with E-state index >= 15 is 0 Å². The molecule has 1 atom stereocenters. The molecule has 0 bridgehead atoms. The van der Waals surface area contributed by atoms with Crippen LogP contribution in [0.25, 0.3) is 0 Å². The number of carbonyl (C=O) groups excluding carboxylic acids is 1. The van der Waals surface area contributed by atoms with Gasteiger partial charge in [-0.05, 0) is 43.7 Å². The van der Waals surface area contributed by atoms with Crippen LogP contribution in [0.3, 0.4) is 0 Å². The summed E-state index contributed by atoms with van der Waals surface area (Å²) >= 11 is 6.04. The van der Waals surface area contributed by atoms with Crippen molar-refractivity contribution in [2.75, 3.05) is 20.3 Å². The first-order valence-corrected chi connectivity index (χ1v) is 8.35. The highest BCUT2D eigenvalue weighted by Gasteiger charge is 2.14. The van der Waals surface area contributed by atoms with E-state index in [1.807, 2.05) is 25.1 Å². The molecular weight excluding hydrogens is 342 g/mol. The molecule has 5 nitrogen and oxygen atoms in total. The summed E-state index contributed by atoms with van der Waals surface area (Å²) < 4.78 is 16.3. The van der Waals surface area contributed by atoms with Gasteiger partial charge in [0.1, 0.15) is 23.9 Å². The van der Waals surface area contributed by atoms with Crippen LogP contribution in [0.5, 0.6) is 17.2 Å². The minimum absolute atomic E-state index is 0.214. The van der Waals surface area contributed by atoms with Crippen molar-refractivity contribution in [2.45, 2.75) is 20.0 Å². The first kappa shape index (κ1) is 18.9. The van der Waals surface area contributed by atoms with Crippen LogP contribution < -0.4 is 19.5 Å². The smallest absolute Gasteiger partial charge is 0.260 e. The fraction of sp³-hybridized carbons (Fsp3) is 0.316. The molecule has 0 aromatic heterocycles. The van der Waals surface area contributed by atoms with Crippen molar-refractivity contribution in [3.63, 3.8) is 0 Å². The Morgan fingerprint density at radius 3 is 2.64 bits per heavy atom. The summed E-state index contributed by atoms with van der Waals surface area (Å²) in [6.07, 6.45) is -0.624. The van der Waals surface area contributed by atoms with E-state index in [0.29, 0.717) is 35.4 Å². The number of nitrogens with one attached hydrogen (secondary N) is 1. The standard InChI is InChI=1S/C19H22ClNO4/c1-13-7-8-16(12-18(13)20)24-10-9-21-19(22)14(2)25-17-6-4-5-15(11-17)23-3/h4-8,11-12,14H,9-10H2,1-3H3,(H,21,22)/t14-/m0/s1. The molecule has 6 heteroatoms. The minimum Gasteiger partial charge on any atom is -0.497 e. The summed E-state index contributed by atoms with van der Waals surface area (Å²) in [6, 6.07) is 12.6. The molecule has 0 spiro atoms. The molecule has 0 aliphatic rings. The number of aryl methyl sites for hydroxylation is 1. The average Bonchev–Trinajstić information content (AvgIpc) is 2.61. The molecule has 0 aliphatic carbocycles. The number of hydrogen-bond acceptors (Lipinski definition) is 4. The van der Waals surface area contributed by atoms with Crippen LogP contribution in [0.2, 0.25) is 5.02 Å². The van der Waals surface area contributed by atoms with E-state index in [0.717, 1.165) is 5.56 Å². The lowest BCUT2D eigenvalue weighted by atomic mass is 10.2. The molecule has 0 saturated heterocycles. The van der Waals surface area contributed by atoms with Gasteiger partial charge < -0.3 is 19.5 Å². The Bertz CT molecular complexity index is 720. The van der Waals surface area contributed by atoms with E-state index in [9.17, 15) is 4.79 Å². The van der Waals surface area contributed by atoms with E-state index in [-0.39, 0.29) is 5.91 Å². The van der Waals surface area contributed by atoms with Gasteiger partial charge in [0.25, 0.3) is 5.91 Å². The number of benzene rings is 2. The van der Waals surface area contributed by atoms with Crippen LogP contribution in [0.15, 0.2) is 42.5 Å². The van der Waals surface area contributed by atoms with Crippen LogP contribution >= 0.6 is 11.6 Å². The third-order valence-corrected chi connectivity index (χ3v) is 3.94. The van der Waals surface area contributed by atoms with Gasteiger partial charge in [0, 0.05) is 11.1 Å². The quantitative estimate of drug-likeness (QED) is 0.728. The molecule has 0 fully saturated rings. The predicted molar refractivity (Wildman–Crippen MR) is 97.8 cm³/mol. The maximum Gasteiger partial charge on any atom is 0.260 e. The van der Waals surface area contributed by atoms with Gasteiger partial charge in [-0.2, -0.15) is 0 Å². The van der Waals surface area contributed by atoms with Gasteiger partial charge in [-0.25, -0.2) is 0 Å². The molecule has 1 N–H and O–H groups in total. The minimum atomic E-state index is -0.624. The Labute approximate surface area is 152 Å². The maximum atomic E-state index is 12.1. The second-order valence-electron chi connectivity index (χ2n) is 5.49. The largest absolute Gasteiger partial charge is 0.497 e. The van der Waals surface area contributed by atoms with Crippen molar-refractivity contribution in [3.8, 4) is 17.2 Å². The monoisotopic (exact) mass is 363 g/mol. The zero-order valence-corrected chi connectivity index (χ0v) is 15.3. The summed E-state index contributed by atoms with van der Waals surface area (Å²) in [6.45, 7) is 4.33. The molecule has 0 unspecified atom stereocenters. The molecule has 2 rings (SSSR count). The van der Waals surface area contributed by atoms with Crippen LogP contribution in [-0.4, -0.2) is 32.3 Å². The van der Waals surface area contributed by atoms with Crippen molar-refractivity contribution < 1.29 is 19.0 Å². The van der Waals surface area contributed by atoms with Gasteiger partial charge in [-0.1, -0.05) is 23.7 Å². The Hall–Kier alpha value is -2.40. The van der Waals surface area contributed by atoms with Gasteiger partial charge in [-0.3, -0.25) is 4.79 Å². The van der Waals surface area contributed by atoms with Gasteiger partial charge >= 0.3 is 0 Å². The molecule has 0 aliphatic heterocycles. The van der Waals surface area contributed by atoms with E-state index in [2.05, 4.69) is 5.32 Å².